The van der Waals surface area contributed by atoms with Gasteiger partial charge in [-0.2, -0.15) is 0 Å². The lowest BCUT2D eigenvalue weighted by molar-refractivity contribution is 0.0622. The number of likely N-dealkylation sites (tertiary alicyclic amines) is 1. The molecule has 1 atom stereocenters. The van der Waals surface area contributed by atoms with Crippen LogP contribution in [-0.4, -0.2) is 58.8 Å². The minimum Gasteiger partial charge on any atom is -0.392 e. The average molecular weight is 349 g/mol. The highest BCUT2D eigenvalue weighted by molar-refractivity contribution is 5.92. The minimum absolute atomic E-state index is 0.0694. The smallest absolute Gasteiger partial charge is 0.275 e. The number of aliphatic hydroxyl groups is 1. The third-order valence-electron chi connectivity index (χ3n) is 5.57. The number of aliphatic hydroxyl groups excluding tert-OH is 1. The van der Waals surface area contributed by atoms with E-state index < -0.39 is 0 Å². The van der Waals surface area contributed by atoms with Crippen molar-refractivity contribution in [1.82, 2.24) is 15.0 Å². The third-order valence-corrected chi connectivity index (χ3v) is 5.57. The Hall–Kier alpha value is -1.40. The second-order valence-electron chi connectivity index (χ2n) is 7.73. The van der Waals surface area contributed by atoms with E-state index in [9.17, 15) is 9.90 Å². The Labute approximate surface area is 150 Å². The molecule has 1 saturated carbocycles. The molecule has 1 aliphatic heterocycles. The summed E-state index contributed by atoms with van der Waals surface area (Å²) in [6, 6.07) is 1.75. The molecule has 3 rings (SSSR count). The van der Waals surface area contributed by atoms with Crippen LogP contribution in [0.3, 0.4) is 0 Å². The molecule has 0 radical (unpaired) electrons. The largest absolute Gasteiger partial charge is 0.392 e. The molecule has 1 aliphatic carbocycles. The molecule has 1 saturated heterocycles. The first-order chi connectivity index (χ1) is 12.1. The lowest BCUT2D eigenvalue weighted by Crippen LogP contribution is -2.37. The number of rotatable bonds is 7. The molecule has 25 heavy (non-hydrogen) atoms. The van der Waals surface area contributed by atoms with E-state index in [1.54, 1.807) is 11.0 Å². The highest BCUT2D eigenvalue weighted by Crippen LogP contribution is 2.28. The summed E-state index contributed by atoms with van der Waals surface area (Å²) in [7, 11) is 1.84. The zero-order valence-corrected chi connectivity index (χ0v) is 15.3. The summed E-state index contributed by atoms with van der Waals surface area (Å²) in [6.45, 7) is 2.98. The van der Waals surface area contributed by atoms with Gasteiger partial charge in [0.25, 0.3) is 5.91 Å². The van der Waals surface area contributed by atoms with Gasteiger partial charge in [0.1, 0.15) is 0 Å². The zero-order valence-electron chi connectivity index (χ0n) is 15.3. The minimum atomic E-state index is -0.260. The molecule has 6 nitrogen and oxygen atoms in total. The van der Waals surface area contributed by atoms with Gasteiger partial charge in [0.15, 0.2) is 11.5 Å². The predicted octanol–water partition coefficient (Wildman–Crippen LogP) is 2.67. The second kappa shape index (κ2) is 8.81. The van der Waals surface area contributed by atoms with Crippen LogP contribution in [-0.2, 0) is 6.54 Å². The number of hydrogen-bond donors (Lipinski definition) is 1. The lowest BCUT2D eigenvalue weighted by Gasteiger charge is -2.28. The molecule has 2 fully saturated rings. The highest BCUT2D eigenvalue weighted by Gasteiger charge is 2.22. The number of hydrogen-bond acceptors (Lipinski definition) is 5. The van der Waals surface area contributed by atoms with E-state index in [2.05, 4.69) is 10.1 Å². The van der Waals surface area contributed by atoms with Crippen LogP contribution < -0.4 is 0 Å². The first-order valence-electron chi connectivity index (χ1n) is 9.73. The van der Waals surface area contributed by atoms with Gasteiger partial charge in [0.2, 0.25) is 0 Å². The quantitative estimate of drug-likeness (QED) is 0.819. The van der Waals surface area contributed by atoms with Gasteiger partial charge in [0.05, 0.1) is 12.6 Å². The number of β-amino-alcohol motifs (C(OH)–C–C–N with tert-alkyl or cyclic N) is 1. The maximum atomic E-state index is 12.5. The van der Waals surface area contributed by atoms with Gasteiger partial charge in [0, 0.05) is 26.2 Å². The monoisotopic (exact) mass is 349 g/mol. The summed E-state index contributed by atoms with van der Waals surface area (Å²) in [4.78, 5) is 16.4. The zero-order chi connectivity index (χ0) is 17.6. The first kappa shape index (κ1) is 18.4. The van der Waals surface area contributed by atoms with Crippen LogP contribution in [0, 0.1) is 5.92 Å². The van der Waals surface area contributed by atoms with Crippen LogP contribution in [0.4, 0.5) is 0 Å². The van der Waals surface area contributed by atoms with Gasteiger partial charge >= 0.3 is 0 Å². The number of carbonyl (C=O) groups excluding carboxylic acids is 1. The van der Waals surface area contributed by atoms with Crippen LogP contribution >= 0.6 is 0 Å². The molecule has 1 amide bonds. The average Bonchev–Trinajstić information content (AvgIpc) is 3.26. The van der Waals surface area contributed by atoms with E-state index in [0.717, 1.165) is 38.3 Å². The molecule has 0 spiro atoms. The number of amides is 1. The van der Waals surface area contributed by atoms with E-state index >= 15 is 0 Å². The van der Waals surface area contributed by atoms with E-state index in [-0.39, 0.29) is 12.0 Å². The molecule has 1 N–H and O–H groups in total. The molecule has 0 aromatic carbocycles. The summed E-state index contributed by atoms with van der Waals surface area (Å²) in [6.07, 6.45) is 9.33. The fraction of sp³-hybridized carbons (Fsp3) is 0.789. The number of carbonyl (C=O) groups is 1. The van der Waals surface area contributed by atoms with E-state index in [0.29, 0.717) is 24.5 Å². The molecule has 140 valence electrons. The number of nitrogens with zero attached hydrogens (tertiary/aromatic N) is 3. The van der Waals surface area contributed by atoms with Crippen molar-refractivity contribution in [2.24, 2.45) is 5.92 Å². The predicted molar refractivity (Wildman–Crippen MR) is 95.2 cm³/mol. The van der Waals surface area contributed by atoms with Crippen molar-refractivity contribution in [3.63, 3.8) is 0 Å². The van der Waals surface area contributed by atoms with Crippen molar-refractivity contribution in [2.45, 2.75) is 64.0 Å². The van der Waals surface area contributed by atoms with Crippen molar-refractivity contribution in [1.29, 1.82) is 0 Å². The normalized spacial score (nSPS) is 22.4. The molecule has 6 heteroatoms. The van der Waals surface area contributed by atoms with E-state index in [4.69, 9.17) is 4.52 Å². The van der Waals surface area contributed by atoms with Gasteiger partial charge < -0.3 is 14.5 Å². The fourth-order valence-corrected chi connectivity index (χ4v) is 4.10. The van der Waals surface area contributed by atoms with Crippen LogP contribution in [0.15, 0.2) is 10.6 Å². The summed E-state index contributed by atoms with van der Waals surface area (Å²) < 4.78 is 5.34. The molecular formula is C19H31N3O3. The topological polar surface area (TPSA) is 69.8 Å². The standard InChI is InChI=1S/C19H31N3O3/c1-21(10-4-8-15-6-2-3-7-15)19(24)18-12-17(25-20-18)14-22-11-5-9-16(23)13-22/h12,15-16,23H,2-11,13-14H2,1H3. The van der Waals surface area contributed by atoms with Gasteiger partial charge in [-0.05, 0) is 38.1 Å². The molecule has 0 bridgehead atoms. The van der Waals surface area contributed by atoms with Crippen LogP contribution in [0.2, 0.25) is 0 Å². The maximum Gasteiger partial charge on any atom is 0.275 e. The highest BCUT2D eigenvalue weighted by atomic mass is 16.5. The second-order valence-corrected chi connectivity index (χ2v) is 7.73. The number of piperidine rings is 1. The van der Waals surface area contributed by atoms with E-state index in [1.165, 1.54) is 32.1 Å². The van der Waals surface area contributed by atoms with E-state index in [1.807, 2.05) is 7.05 Å². The number of aromatic nitrogens is 1. The maximum absolute atomic E-state index is 12.5. The Morgan fingerprint density at radius 1 is 1.36 bits per heavy atom. The molecule has 2 heterocycles. The summed E-state index contributed by atoms with van der Waals surface area (Å²) >= 11 is 0. The van der Waals surface area contributed by atoms with Gasteiger partial charge in [-0.15, -0.1) is 0 Å². The van der Waals surface area contributed by atoms with Crippen molar-refractivity contribution >= 4 is 5.91 Å². The van der Waals surface area contributed by atoms with Crippen LogP contribution in [0.25, 0.3) is 0 Å². The van der Waals surface area contributed by atoms with Crippen LogP contribution in [0.1, 0.15) is 67.6 Å². The Kier molecular flexibility index (Phi) is 6.48. The first-order valence-corrected chi connectivity index (χ1v) is 9.73. The Bertz CT molecular complexity index is 554. The van der Waals surface area contributed by atoms with Gasteiger partial charge in [-0.25, -0.2) is 0 Å². The van der Waals surface area contributed by atoms with Crippen molar-refractivity contribution in [3.05, 3.63) is 17.5 Å². The Balaban J connectivity index is 1.44. The van der Waals surface area contributed by atoms with Gasteiger partial charge in [-0.3, -0.25) is 9.69 Å². The Morgan fingerprint density at radius 2 is 2.16 bits per heavy atom. The molecule has 1 aromatic rings. The Morgan fingerprint density at radius 3 is 2.92 bits per heavy atom. The van der Waals surface area contributed by atoms with Crippen LogP contribution in [0.5, 0.6) is 0 Å². The molecule has 2 aliphatic rings. The van der Waals surface area contributed by atoms with Crippen molar-refractivity contribution in [3.8, 4) is 0 Å². The van der Waals surface area contributed by atoms with Gasteiger partial charge in [-0.1, -0.05) is 30.8 Å². The SMILES string of the molecule is CN(CCCC1CCCC1)C(=O)c1cc(CN2CCCC(O)C2)on1. The fourth-order valence-electron chi connectivity index (χ4n) is 4.10. The van der Waals surface area contributed by atoms with Crippen molar-refractivity contribution in [2.75, 3.05) is 26.7 Å². The summed E-state index contributed by atoms with van der Waals surface area (Å²) in [5.41, 5.74) is 0.385. The molecular weight excluding hydrogens is 318 g/mol. The third kappa shape index (κ3) is 5.28. The summed E-state index contributed by atoms with van der Waals surface area (Å²) in [5, 5.41) is 13.7. The molecule has 1 unspecified atom stereocenters. The van der Waals surface area contributed by atoms with Crippen molar-refractivity contribution < 1.29 is 14.4 Å². The summed E-state index contributed by atoms with van der Waals surface area (Å²) in [5.74, 6) is 1.49. The molecule has 1 aromatic heterocycles. The lowest BCUT2D eigenvalue weighted by atomic mass is 10.0.